The van der Waals surface area contributed by atoms with Gasteiger partial charge < -0.3 is 10.6 Å². The normalized spacial score (nSPS) is 12.4. The third kappa shape index (κ3) is 3.31. The Morgan fingerprint density at radius 3 is 2.89 bits per heavy atom. The molecule has 1 unspecified atom stereocenters. The van der Waals surface area contributed by atoms with Crippen LogP contribution in [0.5, 0.6) is 0 Å². The summed E-state index contributed by atoms with van der Waals surface area (Å²) in [5, 5.41) is 2.10. The molecule has 0 radical (unpaired) electrons. The van der Waals surface area contributed by atoms with E-state index in [9.17, 15) is 0 Å². The molecule has 0 saturated carbocycles. The third-order valence-corrected chi connectivity index (χ3v) is 3.61. The zero-order chi connectivity index (χ0) is 13.0. The fraction of sp³-hybridized carbons (Fsp3) is 0.357. The second kappa shape index (κ2) is 5.98. The Bertz CT molecular complexity index is 480. The minimum Gasteiger partial charge on any atom is -0.354 e. The smallest absolute Gasteiger partial charge is 0.131 e. The number of aromatic nitrogens is 1. The lowest BCUT2D eigenvalue weighted by Crippen LogP contribution is -2.23. The number of anilines is 1. The van der Waals surface area contributed by atoms with Crippen LogP contribution in [0.2, 0.25) is 0 Å². The van der Waals surface area contributed by atoms with Gasteiger partial charge in [-0.15, -0.1) is 11.3 Å². The van der Waals surface area contributed by atoms with E-state index in [2.05, 4.69) is 40.5 Å². The van der Waals surface area contributed by atoms with E-state index in [-0.39, 0.29) is 6.04 Å². The molecule has 0 fully saturated rings. The molecule has 96 valence electrons. The van der Waals surface area contributed by atoms with Crippen molar-refractivity contribution in [3.63, 3.8) is 0 Å². The molecular formula is C14H19N3S. The first-order valence-corrected chi connectivity index (χ1v) is 6.98. The molecule has 2 rings (SSSR count). The van der Waals surface area contributed by atoms with Gasteiger partial charge in [0, 0.05) is 24.2 Å². The first-order valence-electron chi connectivity index (χ1n) is 6.10. The Kier molecular flexibility index (Phi) is 4.33. The number of nitrogens with two attached hydrogens (primary N) is 1. The van der Waals surface area contributed by atoms with Gasteiger partial charge in [-0.05, 0) is 36.4 Å². The van der Waals surface area contributed by atoms with Crippen LogP contribution in [0.15, 0.2) is 35.8 Å². The molecule has 2 heterocycles. The summed E-state index contributed by atoms with van der Waals surface area (Å²) in [6.07, 6.45) is 2.70. The Balaban J connectivity index is 2.16. The molecular weight excluding hydrogens is 242 g/mol. The first kappa shape index (κ1) is 13.1. The standard InChI is InChI=1S/C14H19N3S/c1-11(15)9-12-5-3-7-16-14(12)17(2)10-13-6-4-8-18-13/h3-8,11H,9-10,15H2,1-2H3. The second-order valence-electron chi connectivity index (χ2n) is 4.60. The molecule has 0 aliphatic rings. The molecule has 4 heteroatoms. The highest BCUT2D eigenvalue weighted by molar-refractivity contribution is 7.09. The zero-order valence-electron chi connectivity index (χ0n) is 10.8. The fourth-order valence-corrected chi connectivity index (χ4v) is 2.75. The number of pyridine rings is 1. The van der Waals surface area contributed by atoms with Crippen LogP contribution in [0.3, 0.4) is 0 Å². The van der Waals surface area contributed by atoms with Crippen LogP contribution in [0.1, 0.15) is 17.4 Å². The van der Waals surface area contributed by atoms with Gasteiger partial charge in [-0.1, -0.05) is 12.1 Å². The number of rotatable bonds is 5. The Labute approximate surface area is 112 Å². The van der Waals surface area contributed by atoms with Crippen LogP contribution in [0.4, 0.5) is 5.82 Å². The van der Waals surface area contributed by atoms with E-state index in [4.69, 9.17) is 5.73 Å². The maximum absolute atomic E-state index is 5.89. The quantitative estimate of drug-likeness (QED) is 0.899. The van der Waals surface area contributed by atoms with Gasteiger partial charge in [-0.2, -0.15) is 0 Å². The van der Waals surface area contributed by atoms with Gasteiger partial charge in [0.15, 0.2) is 0 Å². The molecule has 1 atom stereocenters. The molecule has 2 aromatic heterocycles. The minimum atomic E-state index is 0.156. The molecule has 18 heavy (non-hydrogen) atoms. The predicted molar refractivity (Wildman–Crippen MR) is 78.0 cm³/mol. The predicted octanol–water partition coefficient (Wildman–Crippen LogP) is 2.67. The van der Waals surface area contributed by atoms with E-state index in [0.29, 0.717) is 0 Å². The van der Waals surface area contributed by atoms with Gasteiger partial charge in [-0.25, -0.2) is 4.98 Å². The Morgan fingerprint density at radius 2 is 2.22 bits per heavy atom. The van der Waals surface area contributed by atoms with Crippen LogP contribution < -0.4 is 10.6 Å². The Morgan fingerprint density at radius 1 is 1.39 bits per heavy atom. The zero-order valence-corrected chi connectivity index (χ0v) is 11.7. The van der Waals surface area contributed by atoms with E-state index < -0.39 is 0 Å². The van der Waals surface area contributed by atoms with Gasteiger partial charge in [0.05, 0.1) is 6.54 Å². The molecule has 2 N–H and O–H groups in total. The van der Waals surface area contributed by atoms with Crippen molar-refractivity contribution in [1.29, 1.82) is 0 Å². The van der Waals surface area contributed by atoms with Crippen molar-refractivity contribution >= 4 is 17.2 Å². The van der Waals surface area contributed by atoms with E-state index in [1.807, 2.05) is 19.2 Å². The maximum Gasteiger partial charge on any atom is 0.131 e. The SMILES string of the molecule is CC(N)Cc1cccnc1N(C)Cc1cccs1. The van der Waals surface area contributed by atoms with Gasteiger partial charge >= 0.3 is 0 Å². The van der Waals surface area contributed by atoms with Gasteiger partial charge in [0.25, 0.3) is 0 Å². The molecule has 0 amide bonds. The lowest BCUT2D eigenvalue weighted by atomic mass is 10.1. The minimum absolute atomic E-state index is 0.156. The number of hydrogen-bond donors (Lipinski definition) is 1. The van der Waals surface area contributed by atoms with Crippen molar-refractivity contribution < 1.29 is 0 Å². The summed E-state index contributed by atoms with van der Waals surface area (Å²) in [6, 6.07) is 8.46. The van der Waals surface area contributed by atoms with Gasteiger partial charge in [0.2, 0.25) is 0 Å². The maximum atomic E-state index is 5.89. The highest BCUT2D eigenvalue weighted by Crippen LogP contribution is 2.20. The lowest BCUT2D eigenvalue weighted by Gasteiger charge is -2.21. The second-order valence-corrected chi connectivity index (χ2v) is 5.64. The van der Waals surface area contributed by atoms with Crippen LogP contribution in [0.25, 0.3) is 0 Å². The van der Waals surface area contributed by atoms with Crippen LogP contribution >= 0.6 is 11.3 Å². The van der Waals surface area contributed by atoms with E-state index in [1.54, 1.807) is 11.3 Å². The summed E-state index contributed by atoms with van der Waals surface area (Å²) in [4.78, 5) is 8.01. The lowest BCUT2D eigenvalue weighted by molar-refractivity contribution is 0.730. The molecule has 0 aromatic carbocycles. The van der Waals surface area contributed by atoms with Crippen molar-refractivity contribution in [2.24, 2.45) is 5.73 Å². The average Bonchev–Trinajstić information content (AvgIpc) is 2.81. The highest BCUT2D eigenvalue weighted by Gasteiger charge is 2.10. The molecule has 0 saturated heterocycles. The summed E-state index contributed by atoms with van der Waals surface area (Å²) in [5.74, 6) is 1.03. The number of hydrogen-bond acceptors (Lipinski definition) is 4. The van der Waals surface area contributed by atoms with Crippen molar-refractivity contribution in [3.05, 3.63) is 46.3 Å². The van der Waals surface area contributed by atoms with Crippen LogP contribution in [-0.4, -0.2) is 18.1 Å². The third-order valence-electron chi connectivity index (χ3n) is 2.74. The molecule has 2 aromatic rings. The van der Waals surface area contributed by atoms with E-state index >= 15 is 0 Å². The van der Waals surface area contributed by atoms with Crippen molar-refractivity contribution in [2.45, 2.75) is 25.9 Å². The molecule has 0 spiro atoms. The van der Waals surface area contributed by atoms with Crippen molar-refractivity contribution in [2.75, 3.05) is 11.9 Å². The fourth-order valence-electron chi connectivity index (χ4n) is 1.99. The number of thiophene rings is 1. The molecule has 3 nitrogen and oxygen atoms in total. The summed E-state index contributed by atoms with van der Waals surface area (Å²) < 4.78 is 0. The van der Waals surface area contributed by atoms with Crippen molar-refractivity contribution in [3.8, 4) is 0 Å². The summed E-state index contributed by atoms with van der Waals surface area (Å²) in [5.41, 5.74) is 7.10. The topological polar surface area (TPSA) is 42.1 Å². The molecule has 0 aliphatic heterocycles. The largest absolute Gasteiger partial charge is 0.354 e. The number of nitrogens with zero attached hydrogens (tertiary/aromatic N) is 2. The first-order chi connectivity index (χ1) is 8.66. The monoisotopic (exact) mass is 261 g/mol. The summed E-state index contributed by atoms with van der Waals surface area (Å²) in [6.45, 7) is 2.91. The molecule has 0 bridgehead atoms. The Hall–Kier alpha value is -1.39. The van der Waals surface area contributed by atoms with Crippen LogP contribution in [0, 0.1) is 0 Å². The van der Waals surface area contributed by atoms with Crippen LogP contribution in [-0.2, 0) is 13.0 Å². The van der Waals surface area contributed by atoms with E-state index in [1.165, 1.54) is 10.4 Å². The van der Waals surface area contributed by atoms with Gasteiger partial charge in [0.1, 0.15) is 5.82 Å². The van der Waals surface area contributed by atoms with Gasteiger partial charge in [-0.3, -0.25) is 0 Å². The summed E-state index contributed by atoms with van der Waals surface area (Å²) in [7, 11) is 2.08. The summed E-state index contributed by atoms with van der Waals surface area (Å²) >= 11 is 1.77. The molecule has 0 aliphatic carbocycles. The average molecular weight is 261 g/mol. The van der Waals surface area contributed by atoms with Crippen molar-refractivity contribution in [1.82, 2.24) is 4.98 Å². The van der Waals surface area contributed by atoms with E-state index in [0.717, 1.165) is 18.8 Å². The highest BCUT2D eigenvalue weighted by atomic mass is 32.1.